The van der Waals surface area contributed by atoms with Crippen LogP contribution in [-0.4, -0.2) is 4.68 Å². The molecule has 0 spiro atoms. The van der Waals surface area contributed by atoms with Gasteiger partial charge in [0.05, 0.1) is 5.39 Å². The fourth-order valence-corrected chi connectivity index (χ4v) is 3.28. The summed E-state index contributed by atoms with van der Waals surface area (Å²) >= 11 is 0. The molecule has 0 aliphatic carbocycles. The van der Waals surface area contributed by atoms with Gasteiger partial charge in [0, 0.05) is 5.56 Å². The van der Waals surface area contributed by atoms with E-state index in [0.29, 0.717) is 0 Å². The lowest BCUT2D eigenvalue weighted by Gasteiger charge is -2.04. The van der Waals surface area contributed by atoms with Gasteiger partial charge in [-0.3, -0.25) is 0 Å². The van der Waals surface area contributed by atoms with Crippen LogP contribution >= 0.6 is 0 Å². The van der Waals surface area contributed by atoms with E-state index < -0.39 is 0 Å². The van der Waals surface area contributed by atoms with Gasteiger partial charge in [-0.05, 0) is 43.3 Å². The van der Waals surface area contributed by atoms with E-state index in [2.05, 4.69) is 101 Å². The van der Waals surface area contributed by atoms with Crippen LogP contribution in [0.1, 0.15) is 6.92 Å². The SMILES string of the molecule is CC[n+]1c(-c2ccccc2)c2ccccc2n1-c1ccccc1. The molecule has 0 amide bonds. The Labute approximate surface area is 136 Å². The molecule has 0 bridgehead atoms. The number of nitrogens with zero attached hydrogens (tertiary/aromatic N) is 2. The Bertz CT molecular complexity index is 861. The van der Waals surface area contributed by atoms with Gasteiger partial charge in [0.2, 0.25) is 5.69 Å². The van der Waals surface area contributed by atoms with E-state index >= 15 is 0 Å². The Kier molecular flexibility index (Phi) is 3.43. The van der Waals surface area contributed by atoms with Crippen LogP contribution in [0, 0.1) is 0 Å². The fourth-order valence-electron chi connectivity index (χ4n) is 3.28. The van der Waals surface area contributed by atoms with Crippen molar-refractivity contribution in [1.29, 1.82) is 0 Å². The Morgan fingerprint density at radius 1 is 0.739 bits per heavy atom. The molecule has 0 fully saturated rings. The quantitative estimate of drug-likeness (QED) is 0.489. The summed E-state index contributed by atoms with van der Waals surface area (Å²) in [6.07, 6.45) is 0. The van der Waals surface area contributed by atoms with Crippen LogP contribution in [0.25, 0.3) is 27.8 Å². The summed E-state index contributed by atoms with van der Waals surface area (Å²) in [6, 6.07) is 29.8. The molecule has 2 heteroatoms. The zero-order valence-corrected chi connectivity index (χ0v) is 13.2. The molecule has 0 aliphatic rings. The lowest BCUT2D eigenvalue weighted by molar-refractivity contribution is -0.751. The van der Waals surface area contributed by atoms with Gasteiger partial charge >= 0.3 is 0 Å². The molecule has 1 heterocycles. The molecule has 0 radical (unpaired) electrons. The zero-order valence-electron chi connectivity index (χ0n) is 13.2. The van der Waals surface area contributed by atoms with Crippen LogP contribution in [0.2, 0.25) is 0 Å². The largest absolute Gasteiger partial charge is 0.246 e. The molecule has 3 aromatic carbocycles. The Hall–Kier alpha value is -2.87. The molecule has 0 atom stereocenters. The number of fused-ring (bicyclic) bond motifs is 1. The highest BCUT2D eigenvalue weighted by Gasteiger charge is 2.25. The summed E-state index contributed by atoms with van der Waals surface area (Å²) in [5.74, 6) is 0. The minimum Gasteiger partial charge on any atom is -0.120 e. The first kappa shape index (κ1) is 13.8. The Balaban J connectivity index is 2.12. The van der Waals surface area contributed by atoms with E-state index in [-0.39, 0.29) is 0 Å². The van der Waals surface area contributed by atoms with Gasteiger partial charge in [-0.15, -0.1) is 9.36 Å². The molecular formula is C21H19N2+. The predicted octanol–water partition coefficient (Wildman–Crippen LogP) is 4.60. The van der Waals surface area contributed by atoms with Crippen molar-refractivity contribution in [1.82, 2.24) is 4.68 Å². The maximum atomic E-state index is 2.36. The summed E-state index contributed by atoms with van der Waals surface area (Å²) in [5, 5.41) is 1.28. The molecule has 0 aliphatic heterocycles. The van der Waals surface area contributed by atoms with E-state index in [1.54, 1.807) is 0 Å². The van der Waals surface area contributed by atoms with Gasteiger partial charge in [-0.2, -0.15) is 0 Å². The average molecular weight is 299 g/mol. The first-order valence-corrected chi connectivity index (χ1v) is 8.04. The van der Waals surface area contributed by atoms with E-state index in [1.165, 1.54) is 27.8 Å². The minimum absolute atomic E-state index is 0.911. The van der Waals surface area contributed by atoms with Crippen molar-refractivity contribution in [3.63, 3.8) is 0 Å². The Morgan fingerprint density at radius 3 is 2.04 bits per heavy atom. The zero-order chi connectivity index (χ0) is 15.6. The Morgan fingerprint density at radius 2 is 1.35 bits per heavy atom. The maximum Gasteiger partial charge on any atom is 0.246 e. The first-order valence-electron chi connectivity index (χ1n) is 8.04. The van der Waals surface area contributed by atoms with Crippen LogP contribution in [0.4, 0.5) is 0 Å². The summed E-state index contributed by atoms with van der Waals surface area (Å²) in [4.78, 5) is 0. The molecule has 0 saturated heterocycles. The molecular weight excluding hydrogens is 280 g/mol. The van der Waals surface area contributed by atoms with Gasteiger partial charge < -0.3 is 0 Å². The summed E-state index contributed by atoms with van der Waals surface area (Å²) < 4.78 is 4.67. The number of hydrogen-bond acceptors (Lipinski definition) is 0. The number of rotatable bonds is 3. The molecule has 112 valence electrons. The summed E-state index contributed by atoms with van der Waals surface area (Å²) in [7, 11) is 0. The van der Waals surface area contributed by atoms with Gasteiger partial charge in [0.25, 0.3) is 0 Å². The summed E-state index contributed by atoms with van der Waals surface area (Å²) in [6.45, 7) is 3.11. The minimum atomic E-state index is 0.911. The van der Waals surface area contributed by atoms with Gasteiger partial charge in [-0.1, -0.05) is 48.5 Å². The van der Waals surface area contributed by atoms with Crippen molar-refractivity contribution in [3.8, 4) is 16.9 Å². The van der Waals surface area contributed by atoms with Crippen molar-refractivity contribution in [2.75, 3.05) is 0 Å². The second-order valence-corrected chi connectivity index (χ2v) is 5.59. The maximum absolute atomic E-state index is 2.36. The topological polar surface area (TPSA) is 8.81 Å². The third-order valence-electron chi connectivity index (χ3n) is 4.23. The van der Waals surface area contributed by atoms with Crippen molar-refractivity contribution >= 4 is 10.9 Å². The van der Waals surface area contributed by atoms with Gasteiger partial charge in [-0.25, -0.2) is 0 Å². The highest BCUT2D eigenvalue weighted by atomic mass is 15.4. The normalized spacial score (nSPS) is 11.0. The monoisotopic (exact) mass is 299 g/mol. The van der Waals surface area contributed by atoms with E-state index in [9.17, 15) is 0 Å². The average Bonchev–Trinajstić information content (AvgIpc) is 2.97. The van der Waals surface area contributed by atoms with Crippen molar-refractivity contribution in [2.24, 2.45) is 0 Å². The van der Waals surface area contributed by atoms with E-state index in [0.717, 1.165) is 6.54 Å². The molecule has 1 aromatic heterocycles. The molecule has 4 rings (SSSR count). The number of hydrogen-bond donors (Lipinski definition) is 0. The van der Waals surface area contributed by atoms with Crippen LogP contribution < -0.4 is 4.68 Å². The molecule has 4 aromatic rings. The standard InChI is InChI=1S/C21H19N2/c1-2-22-21(17-11-5-3-6-12-17)19-15-9-10-16-20(19)23(22)18-13-7-4-8-14-18/h3-16H,2H2,1H3/q+1. The van der Waals surface area contributed by atoms with E-state index in [4.69, 9.17) is 0 Å². The second-order valence-electron chi connectivity index (χ2n) is 5.59. The van der Waals surface area contributed by atoms with Crippen molar-refractivity contribution < 1.29 is 4.68 Å². The third kappa shape index (κ3) is 2.23. The molecule has 0 N–H and O–H groups in total. The highest BCUT2D eigenvalue weighted by molar-refractivity contribution is 5.92. The lowest BCUT2D eigenvalue weighted by atomic mass is 10.1. The van der Waals surface area contributed by atoms with Gasteiger partial charge in [0.1, 0.15) is 11.2 Å². The smallest absolute Gasteiger partial charge is 0.120 e. The number of benzene rings is 3. The number of para-hydroxylation sites is 2. The first-order chi connectivity index (χ1) is 11.4. The van der Waals surface area contributed by atoms with Gasteiger partial charge in [0.15, 0.2) is 6.54 Å². The van der Waals surface area contributed by atoms with Crippen LogP contribution in [0.5, 0.6) is 0 Å². The van der Waals surface area contributed by atoms with Crippen LogP contribution in [0.15, 0.2) is 84.9 Å². The molecule has 0 unspecified atom stereocenters. The fraction of sp³-hybridized carbons (Fsp3) is 0.0952. The molecule has 2 nitrogen and oxygen atoms in total. The van der Waals surface area contributed by atoms with Crippen LogP contribution in [0.3, 0.4) is 0 Å². The second kappa shape index (κ2) is 5.73. The summed E-state index contributed by atoms with van der Waals surface area (Å²) in [5.41, 5.74) is 4.94. The van der Waals surface area contributed by atoms with Crippen LogP contribution in [-0.2, 0) is 6.54 Å². The third-order valence-corrected chi connectivity index (χ3v) is 4.23. The highest BCUT2D eigenvalue weighted by Crippen LogP contribution is 2.28. The molecule has 0 saturated carbocycles. The number of aromatic nitrogens is 2. The van der Waals surface area contributed by atoms with E-state index in [1.807, 2.05) is 0 Å². The predicted molar refractivity (Wildman–Crippen MR) is 94.6 cm³/mol. The van der Waals surface area contributed by atoms with Crippen molar-refractivity contribution in [3.05, 3.63) is 84.9 Å². The van der Waals surface area contributed by atoms with Crippen molar-refractivity contribution in [2.45, 2.75) is 13.5 Å². The molecule has 23 heavy (non-hydrogen) atoms. The lowest BCUT2D eigenvalue weighted by Crippen LogP contribution is -2.42.